The monoisotopic (exact) mass is 434 g/mol. The molecule has 2 aromatic carbocycles. The summed E-state index contributed by atoms with van der Waals surface area (Å²) >= 11 is 11.2. The van der Waals surface area contributed by atoms with Crippen molar-refractivity contribution in [3.63, 3.8) is 0 Å². The molecule has 0 spiro atoms. The largest absolute Gasteiger partial charge is 0.395 e. The Kier molecular flexibility index (Phi) is 10.5. The summed E-state index contributed by atoms with van der Waals surface area (Å²) in [7, 11) is 0. The molecule has 0 aliphatic heterocycles. The topological polar surface area (TPSA) is 53.5 Å². The highest BCUT2D eigenvalue weighted by Gasteiger charge is 2.09. The number of hydrogen-bond donors (Lipinski definition) is 3. The summed E-state index contributed by atoms with van der Waals surface area (Å²) < 4.78 is 31.0. The smallest absolute Gasteiger partial charge is 0.141 e. The molecule has 0 bridgehead atoms. The van der Waals surface area contributed by atoms with E-state index >= 15 is 0 Å². The molecule has 3 N–H and O–H groups in total. The van der Waals surface area contributed by atoms with E-state index in [-0.39, 0.29) is 22.3 Å². The fourth-order valence-corrected chi connectivity index (χ4v) is 2.33. The van der Waals surface area contributed by atoms with E-state index in [2.05, 4.69) is 10.6 Å². The Morgan fingerprint density at radius 1 is 0.893 bits per heavy atom. The van der Waals surface area contributed by atoms with Gasteiger partial charge in [0.15, 0.2) is 0 Å². The van der Waals surface area contributed by atoms with Gasteiger partial charge in [0.05, 0.1) is 28.9 Å². The Labute approximate surface area is 174 Å². The SMILES string of the molecule is CC(C)(C)OCCNc1ccc(F)c(Cl)c1.OCCNc1ccc(F)c(Cl)c1. The Bertz CT molecular complexity index is 741. The number of hydrogen-bond acceptors (Lipinski definition) is 4. The van der Waals surface area contributed by atoms with Crippen LogP contribution in [0.15, 0.2) is 36.4 Å². The molecule has 0 heterocycles. The van der Waals surface area contributed by atoms with E-state index in [1.54, 1.807) is 18.2 Å². The van der Waals surface area contributed by atoms with Gasteiger partial charge in [0.25, 0.3) is 0 Å². The maximum Gasteiger partial charge on any atom is 0.141 e. The fraction of sp³-hybridized carbons (Fsp3) is 0.400. The Morgan fingerprint density at radius 3 is 1.75 bits per heavy atom. The molecule has 0 radical (unpaired) electrons. The van der Waals surface area contributed by atoms with Gasteiger partial charge in [0, 0.05) is 24.5 Å². The van der Waals surface area contributed by atoms with Crippen LogP contribution in [0.5, 0.6) is 0 Å². The molecule has 0 atom stereocenters. The van der Waals surface area contributed by atoms with E-state index in [1.807, 2.05) is 20.8 Å². The summed E-state index contributed by atoms with van der Waals surface area (Å²) in [5, 5.41) is 14.7. The molecule has 28 heavy (non-hydrogen) atoms. The summed E-state index contributed by atoms with van der Waals surface area (Å²) in [5.41, 5.74) is 1.36. The van der Waals surface area contributed by atoms with Crippen LogP contribution in [0.2, 0.25) is 10.0 Å². The van der Waals surface area contributed by atoms with Crippen LogP contribution >= 0.6 is 23.2 Å². The molecule has 0 aliphatic carbocycles. The lowest BCUT2D eigenvalue weighted by Crippen LogP contribution is -2.23. The predicted molar refractivity (Wildman–Crippen MR) is 113 cm³/mol. The van der Waals surface area contributed by atoms with Crippen LogP contribution in [0.3, 0.4) is 0 Å². The van der Waals surface area contributed by atoms with E-state index in [1.165, 1.54) is 18.2 Å². The van der Waals surface area contributed by atoms with Crippen LogP contribution in [0.1, 0.15) is 20.8 Å². The van der Waals surface area contributed by atoms with E-state index in [0.717, 1.165) is 5.69 Å². The molecule has 0 fully saturated rings. The minimum atomic E-state index is -0.439. The van der Waals surface area contributed by atoms with Crippen molar-refractivity contribution in [2.24, 2.45) is 0 Å². The van der Waals surface area contributed by atoms with Gasteiger partial charge in [-0.2, -0.15) is 0 Å². The van der Waals surface area contributed by atoms with Crippen molar-refractivity contribution in [1.82, 2.24) is 0 Å². The maximum absolute atomic E-state index is 12.9. The summed E-state index contributed by atoms with van der Waals surface area (Å²) in [6.45, 7) is 7.74. The third-order valence-electron chi connectivity index (χ3n) is 3.25. The Hall–Kier alpha value is -1.60. The molecule has 4 nitrogen and oxygen atoms in total. The normalized spacial score (nSPS) is 10.9. The molecule has 0 saturated heterocycles. The number of nitrogens with one attached hydrogen (secondary N) is 2. The minimum absolute atomic E-state index is 0.0367. The molecule has 2 aromatic rings. The molecule has 0 saturated carbocycles. The van der Waals surface area contributed by atoms with Gasteiger partial charge in [-0.25, -0.2) is 8.78 Å². The zero-order valence-corrected chi connectivity index (χ0v) is 17.7. The number of ether oxygens (including phenoxy) is 1. The first kappa shape index (κ1) is 24.4. The summed E-state index contributed by atoms with van der Waals surface area (Å²) in [4.78, 5) is 0. The van der Waals surface area contributed by atoms with Gasteiger partial charge in [-0.3, -0.25) is 0 Å². The number of halogens is 4. The highest BCUT2D eigenvalue weighted by atomic mass is 35.5. The van der Waals surface area contributed by atoms with Crippen molar-refractivity contribution in [3.8, 4) is 0 Å². The van der Waals surface area contributed by atoms with E-state index in [4.69, 9.17) is 33.0 Å². The van der Waals surface area contributed by atoms with Gasteiger partial charge >= 0.3 is 0 Å². The van der Waals surface area contributed by atoms with Crippen LogP contribution < -0.4 is 10.6 Å². The van der Waals surface area contributed by atoms with Gasteiger partial charge in [-0.05, 0) is 57.2 Å². The molecule has 2 rings (SSSR count). The third-order valence-corrected chi connectivity index (χ3v) is 3.83. The fourth-order valence-electron chi connectivity index (χ4n) is 1.97. The van der Waals surface area contributed by atoms with Crippen molar-refractivity contribution in [2.75, 3.05) is 36.9 Å². The second-order valence-corrected chi connectivity index (χ2v) is 7.61. The molecular weight excluding hydrogens is 409 g/mol. The zero-order chi connectivity index (χ0) is 21.2. The van der Waals surface area contributed by atoms with Crippen molar-refractivity contribution in [3.05, 3.63) is 58.1 Å². The zero-order valence-electron chi connectivity index (χ0n) is 16.2. The number of benzene rings is 2. The van der Waals surface area contributed by atoms with Crippen LogP contribution in [0.4, 0.5) is 20.2 Å². The van der Waals surface area contributed by atoms with Gasteiger partial charge in [-0.15, -0.1) is 0 Å². The second kappa shape index (κ2) is 12.1. The molecule has 0 aromatic heterocycles. The lowest BCUT2D eigenvalue weighted by molar-refractivity contribution is 0.00333. The number of aliphatic hydroxyl groups excluding tert-OH is 1. The van der Waals surface area contributed by atoms with Crippen LogP contribution in [0.25, 0.3) is 0 Å². The van der Waals surface area contributed by atoms with Gasteiger partial charge in [0.2, 0.25) is 0 Å². The average molecular weight is 435 g/mol. The van der Waals surface area contributed by atoms with Gasteiger partial charge < -0.3 is 20.5 Å². The minimum Gasteiger partial charge on any atom is -0.395 e. The molecule has 0 unspecified atom stereocenters. The Balaban J connectivity index is 0.000000292. The highest BCUT2D eigenvalue weighted by molar-refractivity contribution is 6.31. The molecule has 0 amide bonds. The lowest BCUT2D eigenvalue weighted by atomic mass is 10.2. The predicted octanol–water partition coefficient (Wildman–Crippen LogP) is 5.59. The quantitative estimate of drug-likeness (QED) is 0.497. The van der Waals surface area contributed by atoms with Crippen molar-refractivity contribution >= 4 is 34.6 Å². The van der Waals surface area contributed by atoms with E-state index < -0.39 is 11.6 Å². The van der Waals surface area contributed by atoms with Gasteiger partial charge in [0.1, 0.15) is 11.6 Å². The summed E-state index contributed by atoms with van der Waals surface area (Å²) in [6.07, 6.45) is 0. The average Bonchev–Trinajstić information content (AvgIpc) is 2.62. The highest BCUT2D eigenvalue weighted by Crippen LogP contribution is 2.19. The van der Waals surface area contributed by atoms with Crippen molar-refractivity contribution in [2.45, 2.75) is 26.4 Å². The van der Waals surface area contributed by atoms with Crippen molar-refractivity contribution in [1.29, 1.82) is 0 Å². The molecular formula is C20H26Cl2F2N2O2. The summed E-state index contributed by atoms with van der Waals surface area (Å²) in [5.74, 6) is -0.843. The van der Waals surface area contributed by atoms with Crippen LogP contribution in [0, 0.1) is 11.6 Å². The first-order chi connectivity index (χ1) is 13.1. The van der Waals surface area contributed by atoms with Crippen LogP contribution in [-0.4, -0.2) is 37.0 Å². The molecule has 8 heteroatoms. The van der Waals surface area contributed by atoms with Crippen molar-refractivity contribution < 1.29 is 18.6 Å². The second-order valence-electron chi connectivity index (χ2n) is 6.80. The lowest BCUT2D eigenvalue weighted by Gasteiger charge is -2.19. The molecule has 156 valence electrons. The maximum atomic E-state index is 12.9. The number of aliphatic hydroxyl groups is 1. The number of anilines is 2. The van der Waals surface area contributed by atoms with E-state index in [0.29, 0.717) is 25.4 Å². The Morgan fingerprint density at radius 2 is 1.36 bits per heavy atom. The first-order valence-corrected chi connectivity index (χ1v) is 9.50. The first-order valence-electron chi connectivity index (χ1n) is 8.75. The molecule has 0 aliphatic rings. The standard InChI is InChI=1S/C12H17ClFNO.C8H9ClFNO/c1-12(2,3)16-7-6-15-9-4-5-11(14)10(13)8-9;9-7-5-6(11-3-4-12)1-2-8(7)10/h4-5,8,15H,6-7H2,1-3H3;1-2,5,11-12H,3-4H2. The van der Waals surface area contributed by atoms with Crippen LogP contribution in [-0.2, 0) is 4.74 Å². The number of rotatable bonds is 7. The van der Waals surface area contributed by atoms with E-state index in [9.17, 15) is 8.78 Å². The summed E-state index contributed by atoms with van der Waals surface area (Å²) in [6, 6.07) is 8.88. The third kappa shape index (κ3) is 10.1. The van der Waals surface area contributed by atoms with Gasteiger partial charge in [-0.1, -0.05) is 23.2 Å².